The van der Waals surface area contributed by atoms with Crippen LogP contribution in [0.15, 0.2) is 71.6 Å². The fraction of sp³-hybridized carbons (Fsp3) is 0.310. The average Bonchev–Trinajstić information content (AvgIpc) is 2.86. The number of likely N-dealkylation sites (N-methyl/N-ethyl adjacent to an activating group) is 1. The number of carbonyl (C=O) groups excluding carboxylic acids is 2. The lowest BCUT2D eigenvalue weighted by Crippen LogP contribution is -2.51. The normalized spacial score (nSPS) is 12.1. The summed E-state index contributed by atoms with van der Waals surface area (Å²) in [5, 5.41) is 2.71. The number of sulfonamides is 1. The standard InChI is InChI=1S/C29H34FN3O4S/c1-6-31-29(35)23(5)32(18-24-9-11-25(30)12-10-24)28(34)19-33(26-16-21(3)15-22(4)17-26)38(36,37)27-13-7-20(2)8-14-27/h7-17,23H,6,18-19H2,1-5H3,(H,31,35). The van der Waals surface area contributed by atoms with Crippen LogP contribution in [0.25, 0.3) is 0 Å². The van der Waals surface area contributed by atoms with Crippen molar-refractivity contribution in [1.82, 2.24) is 10.2 Å². The number of hydrogen-bond acceptors (Lipinski definition) is 4. The predicted molar refractivity (Wildman–Crippen MR) is 147 cm³/mol. The molecule has 202 valence electrons. The Kier molecular flexibility index (Phi) is 9.27. The first-order valence-corrected chi connectivity index (χ1v) is 13.9. The molecule has 3 rings (SSSR count). The highest BCUT2D eigenvalue weighted by atomic mass is 32.2. The van der Waals surface area contributed by atoms with Gasteiger partial charge in [-0.05, 0) is 87.7 Å². The van der Waals surface area contributed by atoms with Crippen molar-refractivity contribution >= 4 is 27.5 Å². The number of nitrogens with one attached hydrogen (secondary N) is 1. The minimum atomic E-state index is -4.13. The number of amides is 2. The van der Waals surface area contributed by atoms with Gasteiger partial charge in [0.2, 0.25) is 11.8 Å². The maximum atomic E-state index is 13.9. The van der Waals surface area contributed by atoms with Gasteiger partial charge in [-0.3, -0.25) is 13.9 Å². The van der Waals surface area contributed by atoms with Crippen LogP contribution < -0.4 is 9.62 Å². The molecule has 9 heteroatoms. The highest BCUT2D eigenvalue weighted by Gasteiger charge is 2.32. The van der Waals surface area contributed by atoms with Gasteiger partial charge in [-0.15, -0.1) is 0 Å². The molecule has 2 amide bonds. The van der Waals surface area contributed by atoms with E-state index in [4.69, 9.17) is 0 Å². The lowest BCUT2D eigenvalue weighted by Gasteiger charge is -2.32. The fourth-order valence-electron chi connectivity index (χ4n) is 4.15. The highest BCUT2D eigenvalue weighted by Crippen LogP contribution is 2.27. The van der Waals surface area contributed by atoms with E-state index in [2.05, 4.69) is 5.32 Å². The van der Waals surface area contributed by atoms with Gasteiger partial charge < -0.3 is 10.2 Å². The Morgan fingerprint density at radius 3 is 2.03 bits per heavy atom. The molecule has 1 atom stereocenters. The molecule has 0 saturated heterocycles. The van der Waals surface area contributed by atoms with Crippen molar-refractivity contribution in [1.29, 1.82) is 0 Å². The van der Waals surface area contributed by atoms with Gasteiger partial charge >= 0.3 is 0 Å². The molecule has 1 N–H and O–H groups in total. The number of benzene rings is 3. The summed E-state index contributed by atoms with van der Waals surface area (Å²) in [5.41, 5.74) is 3.55. The number of aryl methyl sites for hydroxylation is 3. The van der Waals surface area contributed by atoms with Crippen molar-refractivity contribution in [2.45, 2.75) is 52.1 Å². The Balaban J connectivity index is 2.06. The lowest BCUT2D eigenvalue weighted by atomic mass is 10.1. The molecule has 0 aliphatic rings. The number of halogens is 1. The maximum absolute atomic E-state index is 13.9. The monoisotopic (exact) mass is 539 g/mol. The minimum Gasteiger partial charge on any atom is -0.355 e. The molecule has 0 aromatic heterocycles. The first-order valence-electron chi connectivity index (χ1n) is 12.4. The van der Waals surface area contributed by atoms with E-state index >= 15 is 0 Å². The number of carbonyl (C=O) groups is 2. The molecule has 0 bridgehead atoms. The molecule has 7 nitrogen and oxygen atoms in total. The van der Waals surface area contributed by atoms with Crippen molar-refractivity contribution in [3.05, 3.63) is 94.8 Å². The number of anilines is 1. The van der Waals surface area contributed by atoms with E-state index in [1.807, 2.05) is 26.8 Å². The average molecular weight is 540 g/mol. The zero-order valence-electron chi connectivity index (χ0n) is 22.4. The summed E-state index contributed by atoms with van der Waals surface area (Å²) in [6.07, 6.45) is 0. The van der Waals surface area contributed by atoms with Crippen LogP contribution in [-0.2, 0) is 26.2 Å². The van der Waals surface area contributed by atoms with Gasteiger partial charge in [0.15, 0.2) is 0 Å². The van der Waals surface area contributed by atoms with Gasteiger partial charge in [0.05, 0.1) is 10.6 Å². The van der Waals surface area contributed by atoms with Crippen LogP contribution in [0.1, 0.15) is 36.1 Å². The molecule has 3 aromatic rings. The summed E-state index contributed by atoms with van der Waals surface area (Å²) < 4.78 is 42.3. The number of hydrogen-bond donors (Lipinski definition) is 1. The van der Waals surface area contributed by atoms with Crippen molar-refractivity contribution in [2.24, 2.45) is 0 Å². The number of rotatable bonds is 10. The molecular weight excluding hydrogens is 505 g/mol. The third kappa shape index (κ3) is 6.98. The molecule has 38 heavy (non-hydrogen) atoms. The molecule has 0 aliphatic heterocycles. The maximum Gasteiger partial charge on any atom is 0.264 e. The van der Waals surface area contributed by atoms with Gasteiger partial charge in [-0.2, -0.15) is 0 Å². The zero-order chi connectivity index (χ0) is 28.0. The van der Waals surface area contributed by atoms with E-state index < -0.39 is 34.3 Å². The molecule has 1 unspecified atom stereocenters. The second-order valence-electron chi connectivity index (χ2n) is 9.39. The summed E-state index contributed by atoms with van der Waals surface area (Å²) in [4.78, 5) is 27.9. The molecular formula is C29H34FN3O4S. The molecule has 3 aromatic carbocycles. The summed E-state index contributed by atoms with van der Waals surface area (Å²) >= 11 is 0. The van der Waals surface area contributed by atoms with Crippen LogP contribution in [0.5, 0.6) is 0 Å². The molecule has 0 saturated carbocycles. The first kappa shape index (κ1) is 28.8. The van der Waals surface area contributed by atoms with Crippen molar-refractivity contribution in [3.63, 3.8) is 0 Å². The first-order chi connectivity index (χ1) is 17.9. The van der Waals surface area contributed by atoms with E-state index in [0.29, 0.717) is 17.8 Å². The number of nitrogens with zero attached hydrogens (tertiary/aromatic N) is 2. The van der Waals surface area contributed by atoms with Crippen molar-refractivity contribution in [3.8, 4) is 0 Å². The van der Waals surface area contributed by atoms with E-state index in [1.165, 1.54) is 41.3 Å². The van der Waals surface area contributed by atoms with Crippen LogP contribution in [0.4, 0.5) is 10.1 Å². The van der Waals surface area contributed by atoms with Crippen LogP contribution in [0.2, 0.25) is 0 Å². The Hall–Kier alpha value is -3.72. The quantitative estimate of drug-likeness (QED) is 0.411. The Labute approximate surface area is 224 Å². The van der Waals surface area contributed by atoms with Gasteiger partial charge in [0.1, 0.15) is 18.4 Å². The Morgan fingerprint density at radius 2 is 1.47 bits per heavy atom. The summed E-state index contributed by atoms with van der Waals surface area (Å²) in [6.45, 7) is 8.78. The van der Waals surface area contributed by atoms with E-state index in [9.17, 15) is 22.4 Å². The van der Waals surface area contributed by atoms with Crippen LogP contribution in [-0.4, -0.2) is 44.3 Å². The van der Waals surface area contributed by atoms with Gasteiger partial charge in [-0.1, -0.05) is 35.9 Å². The SMILES string of the molecule is CCNC(=O)C(C)N(Cc1ccc(F)cc1)C(=O)CN(c1cc(C)cc(C)c1)S(=O)(=O)c1ccc(C)cc1. The summed E-state index contributed by atoms with van der Waals surface area (Å²) in [6, 6.07) is 16.5. The summed E-state index contributed by atoms with van der Waals surface area (Å²) in [5.74, 6) is -1.36. The third-order valence-corrected chi connectivity index (χ3v) is 7.95. The van der Waals surface area contributed by atoms with E-state index in [0.717, 1.165) is 21.0 Å². The highest BCUT2D eigenvalue weighted by molar-refractivity contribution is 7.92. The van der Waals surface area contributed by atoms with Crippen LogP contribution >= 0.6 is 0 Å². The molecule has 0 fully saturated rings. The predicted octanol–water partition coefficient (Wildman–Crippen LogP) is 4.50. The Morgan fingerprint density at radius 1 is 0.895 bits per heavy atom. The molecule has 0 aliphatic carbocycles. The second-order valence-corrected chi connectivity index (χ2v) is 11.3. The van der Waals surface area contributed by atoms with E-state index in [1.54, 1.807) is 38.1 Å². The smallest absolute Gasteiger partial charge is 0.264 e. The third-order valence-electron chi connectivity index (χ3n) is 6.17. The van der Waals surface area contributed by atoms with Crippen molar-refractivity contribution < 1.29 is 22.4 Å². The van der Waals surface area contributed by atoms with Crippen molar-refractivity contribution in [2.75, 3.05) is 17.4 Å². The summed E-state index contributed by atoms with van der Waals surface area (Å²) in [7, 11) is -4.13. The molecule has 0 heterocycles. The fourth-order valence-corrected chi connectivity index (χ4v) is 5.55. The van der Waals surface area contributed by atoms with Crippen LogP contribution in [0, 0.1) is 26.6 Å². The lowest BCUT2D eigenvalue weighted by molar-refractivity contribution is -0.139. The van der Waals surface area contributed by atoms with Gasteiger partial charge in [0.25, 0.3) is 10.0 Å². The van der Waals surface area contributed by atoms with E-state index in [-0.39, 0.29) is 17.3 Å². The minimum absolute atomic E-state index is 0.00266. The molecule has 0 radical (unpaired) electrons. The molecule has 0 spiro atoms. The topological polar surface area (TPSA) is 86.8 Å². The Bertz CT molecular complexity index is 1370. The zero-order valence-corrected chi connectivity index (χ0v) is 23.2. The second kappa shape index (κ2) is 12.2. The largest absolute Gasteiger partial charge is 0.355 e. The van der Waals surface area contributed by atoms with Crippen LogP contribution in [0.3, 0.4) is 0 Å². The van der Waals surface area contributed by atoms with Gasteiger partial charge in [0, 0.05) is 13.1 Å². The van der Waals surface area contributed by atoms with Gasteiger partial charge in [-0.25, -0.2) is 12.8 Å².